The molecule has 0 N–H and O–H groups in total. The summed E-state index contributed by atoms with van der Waals surface area (Å²) in [6.07, 6.45) is 1.20. The normalized spacial score (nSPS) is 14.5. The van der Waals surface area contributed by atoms with E-state index in [1.165, 1.54) is 30.6 Å². The predicted molar refractivity (Wildman–Crippen MR) is 111 cm³/mol. The summed E-state index contributed by atoms with van der Waals surface area (Å²) in [4.78, 5) is 13.9. The van der Waals surface area contributed by atoms with Gasteiger partial charge in [-0.25, -0.2) is 8.42 Å². The molecule has 1 aliphatic heterocycles. The van der Waals surface area contributed by atoms with Crippen molar-refractivity contribution in [1.29, 1.82) is 0 Å². The lowest BCUT2D eigenvalue weighted by Crippen LogP contribution is -2.28. The smallest absolute Gasteiger partial charge is 0.243 e. The second kappa shape index (κ2) is 8.84. The molecule has 0 atom stereocenters. The summed E-state index contributed by atoms with van der Waals surface area (Å²) < 4.78 is 38.3. The van der Waals surface area contributed by atoms with Crippen molar-refractivity contribution < 1.29 is 22.7 Å². The molecule has 156 valence electrons. The van der Waals surface area contributed by atoms with E-state index in [0.29, 0.717) is 31.0 Å². The first kappa shape index (κ1) is 21.1. The van der Waals surface area contributed by atoms with Crippen molar-refractivity contribution in [2.45, 2.75) is 31.2 Å². The van der Waals surface area contributed by atoms with Crippen molar-refractivity contribution in [1.82, 2.24) is 4.31 Å². The SMILES string of the molecule is CCOc1ccc(CN(C)S(=O)(=O)c2ccc(OC)c(N3CCCC3=O)c2)cc1. The Kier molecular flexibility index (Phi) is 6.44. The average molecular weight is 419 g/mol. The van der Waals surface area contributed by atoms with E-state index in [0.717, 1.165) is 17.7 Å². The number of anilines is 1. The topological polar surface area (TPSA) is 76.2 Å². The third kappa shape index (κ3) is 4.54. The maximum absolute atomic E-state index is 13.1. The van der Waals surface area contributed by atoms with Crippen molar-refractivity contribution in [2.75, 3.05) is 32.2 Å². The molecule has 0 aromatic heterocycles. The minimum atomic E-state index is -3.74. The summed E-state index contributed by atoms with van der Waals surface area (Å²) in [5, 5.41) is 0. The van der Waals surface area contributed by atoms with Gasteiger partial charge < -0.3 is 14.4 Å². The van der Waals surface area contributed by atoms with E-state index in [4.69, 9.17) is 9.47 Å². The van der Waals surface area contributed by atoms with Gasteiger partial charge in [-0.15, -0.1) is 0 Å². The maximum Gasteiger partial charge on any atom is 0.243 e. The lowest BCUT2D eigenvalue weighted by Gasteiger charge is -2.22. The van der Waals surface area contributed by atoms with Crippen LogP contribution in [0.25, 0.3) is 0 Å². The highest BCUT2D eigenvalue weighted by Gasteiger charge is 2.28. The molecule has 2 aromatic carbocycles. The summed E-state index contributed by atoms with van der Waals surface area (Å²) in [6, 6.07) is 12.0. The summed E-state index contributed by atoms with van der Waals surface area (Å²) in [5.41, 5.74) is 1.34. The summed E-state index contributed by atoms with van der Waals surface area (Å²) in [5.74, 6) is 1.20. The van der Waals surface area contributed by atoms with Crippen LogP contribution in [0.3, 0.4) is 0 Å². The Hall–Kier alpha value is -2.58. The van der Waals surface area contributed by atoms with E-state index in [1.807, 2.05) is 31.2 Å². The second-order valence-corrected chi connectivity index (χ2v) is 8.87. The van der Waals surface area contributed by atoms with Gasteiger partial charge in [0.25, 0.3) is 0 Å². The zero-order valence-corrected chi connectivity index (χ0v) is 17.7. The number of benzene rings is 2. The minimum Gasteiger partial charge on any atom is -0.495 e. The number of carbonyl (C=O) groups excluding carboxylic acids is 1. The van der Waals surface area contributed by atoms with Crippen LogP contribution in [-0.2, 0) is 21.4 Å². The fourth-order valence-corrected chi connectivity index (χ4v) is 4.50. The number of ether oxygens (including phenoxy) is 2. The van der Waals surface area contributed by atoms with Gasteiger partial charge in [0.1, 0.15) is 11.5 Å². The number of sulfonamides is 1. The molecule has 1 amide bonds. The molecule has 29 heavy (non-hydrogen) atoms. The molecule has 2 aromatic rings. The first-order valence-corrected chi connectivity index (χ1v) is 11.0. The molecule has 0 aliphatic carbocycles. The third-order valence-corrected chi connectivity index (χ3v) is 6.66. The van der Waals surface area contributed by atoms with E-state index in [1.54, 1.807) is 11.0 Å². The number of carbonyl (C=O) groups is 1. The van der Waals surface area contributed by atoms with Crippen LogP contribution in [-0.4, -0.2) is 45.9 Å². The Labute approximate surface area is 171 Å². The third-order valence-electron chi connectivity index (χ3n) is 4.86. The van der Waals surface area contributed by atoms with Gasteiger partial charge in [0, 0.05) is 26.6 Å². The second-order valence-electron chi connectivity index (χ2n) is 6.82. The predicted octanol–water partition coefficient (Wildman–Crippen LogP) is 3.04. The van der Waals surface area contributed by atoms with Crippen LogP contribution in [0.4, 0.5) is 5.69 Å². The van der Waals surface area contributed by atoms with Crippen molar-refractivity contribution in [3.8, 4) is 11.5 Å². The first-order valence-electron chi connectivity index (χ1n) is 9.53. The molecular formula is C21H26N2O5S. The highest BCUT2D eigenvalue weighted by Crippen LogP contribution is 2.34. The Morgan fingerprint density at radius 2 is 1.86 bits per heavy atom. The monoisotopic (exact) mass is 418 g/mol. The molecule has 1 saturated heterocycles. The van der Waals surface area contributed by atoms with Gasteiger partial charge in [-0.3, -0.25) is 4.79 Å². The Morgan fingerprint density at radius 3 is 2.45 bits per heavy atom. The van der Waals surface area contributed by atoms with E-state index in [9.17, 15) is 13.2 Å². The zero-order chi connectivity index (χ0) is 21.0. The number of hydrogen-bond donors (Lipinski definition) is 0. The molecule has 0 unspecified atom stereocenters. The molecule has 0 saturated carbocycles. The fourth-order valence-electron chi connectivity index (χ4n) is 3.32. The standard InChI is InChI=1S/C21H26N2O5S/c1-4-28-17-9-7-16(8-10-17)15-22(2)29(25,26)18-11-12-20(27-3)19(14-18)23-13-5-6-21(23)24/h7-12,14H,4-6,13,15H2,1-3H3. The number of methoxy groups -OCH3 is 1. The quantitative estimate of drug-likeness (QED) is 0.659. The van der Waals surface area contributed by atoms with Crippen LogP contribution >= 0.6 is 0 Å². The number of nitrogens with zero attached hydrogens (tertiary/aromatic N) is 2. The van der Waals surface area contributed by atoms with E-state index < -0.39 is 10.0 Å². The molecule has 0 spiro atoms. The largest absolute Gasteiger partial charge is 0.495 e. The lowest BCUT2D eigenvalue weighted by atomic mass is 10.2. The molecule has 0 radical (unpaired) electrons. The Morgan fingerprint density at radius 1 is 1.14 bits per heavy atom. The van der Waals surface area contributed by atoms with Crippen LogP contribution in [0.15, 0.2) is 47.4 Å². The van der Waals surface area contributed by atoms with E-state index in [2.05, 4.69) is 0 Å². The van der Waals surface area contributed by atoms with Gasteiger partial charge in [-0.05, 0) is 49.2 Å². The van der Waals surface area contributed by atoms with Gasteiger partial charge in [-0.2, -0.15) is 4.31 Å². The fraction of sp³-hybridized carbons (Fsp3) is 0.381. The lowest BCUT2D eigenvalue weighted by molar-refractivity contribution is -0.117. The van der Waals surface area contributed by atoms with E-state index >= 15 is 0 Å². The van der Waals surface area contributed by atoms with Gasteiger partial charge in [0.05, 0.1) is 24.3 Å². The Balaban J connectivity index is 1.85. The minimum absolute atomic E-state index is 0.0272. The molecule has 7 nitrogen and oxygen atoms in total. The van der Waals surface area contributed by atoms with Crippen LogP contribution in [0.1, 0.15) is 25.3 Å². The van der Waals surface area contributed by atoms with Crippen molar-refractivity contribution in [2.24, 2.45) is 0 Å². The average Bonchev–Trinajstić information content (AvgIpc) is 3.14. The Bertz CT molecular complexity index is 973. The molecule has 1 fully saturated rings. The van der Waals surface area contributed by atoms with Gasteiger partial charge >= 0.3 is 0 Å². The number of rotatable bonds is 8. The van der Waals surface area contributed by atoms with Crippen LogP contribution in [0.2, 0.25) is 0 Å². The molecule has 8 heteroatoms. The van der Waals surface area contributed by atoms with Crippen molar-refractivity contribution in [3.63, 3.8) is 0 Å². The molecule has 3 rings (SSSR count). The molecule has 1 heterocycles. The van der Waals surface area contributed by atoms with Crippen LogP contribution < -0.4 is 14.4 Å². The summed E-state index contributed by atoms with van der Waals surface area (Å²) in [6.45, 7) is 3.26. The van der Waals surface area contributed by atoms with Crippen LogP contribution in [0, 0.1) is 0 Å². The maximum atomic E-state index is 13.1. The highest BCUT2D eigenvalue weighted by atomic mass is 32.2. The molecular weight excluding hydrogens is 392 g/mol. The molecule has 1 aliphatic rings. The van der Waals surface area contributed by atoms with Gasteiger partial charge in [0.15, 0.2) is 0 Å². The zero-order valence-electron chi connectivity index (χ0n) is 16.9. The van der Waals surface area contributed by atoms with Crippen molar-refractivity contribution >= 4 is 21.6 Å². The van der Waals surface area contributed by atoms with Crippen LogP contribution in [0.5, 0.6) is 11.5 Å². The molecule has 0 bridgehead atoms. The number of amides is 1. The summed E-state index contributed by atoms with van der Waals surface area (Å²) >= 11 is 0. The highest BCUT2D eigenvalue weighted by molar-refractivity contribution is 7.89. The summed E-state index contributed by atoms with van der Waals surface area (Å²) in [7, 11) is -0.700. The van der Waals surface area contributed by atoms with Gasteiger partial charge in [-0.1, -0.05) is 12.1 Å². The van der Waals surface area contributed by atoms with Crippen molar-refractivity contribution in [3.05, 3.63) is 48.0 Å². The van der Waals surface area contributed by atoms with Gasteiger partial charge in [0.2, 0.25) is 15.9 Å². The first-order chi connectivity index (χ1) is 13.9. The number of hydrogen-bond acceptors (Lipinski definition) is 5. The van der Waals surface area contributed by atoms with E-state index in [-0.39, 0.29) is 17.3 Å².